The summed E-state index contributed by atoms with van der Waals surface area (Å²) in [5.74, 6) is 1.73. The summed E-state index contributed by atoms with van der Waals surface area (Å²) in [7, 11) is 2.07. The molecule has 1 heterocycles. The summed E-state index contributed by atoms with van der Waals surface area (Å²) in [4.78, 5) is 4.08. The minimum Gasteiger partial charge on any atom is -0.319 e. The molecular weight excluding hydrogens is 196 g/mol. The highest BCUT2D eigenvalue weighted by Crippen LogP contribution is 2.31. The molecular formula is C14H22N2. The fourth-order valence-corrected chi connectivity index (χ4v) is 2.91. The summed E-state index contributed by atoms with van der Waals surface area (Å²) in [6.07, 6.45) is 10.7. The van der Waals surface area contributed by atoms with Crippen molar-refractivity contribution in [3.8, 4) is 0 Å². The van der Waals surface area contributed by atoms with Crippen LogP contribution in [0.5, 0.6) is 0 Å². The van der Waals surface area contributed by atoms with Gasteiger partial charge in [-0.15, -0.1) is 0 Å². The van der Waals surface area contributed by atoms with Gasteiger partial charge < -0.3 is 5.32 Å². The maximum absolute atomic E-state index is 4.08. The molecule has 2 heteroatoms. The van der Waals surface area contributed by atoms with Crippen molar-refractivity contribution in [2.75, 3.05) is 13.6 Å². The van der Waals surface area contributed by atoms with Gasteiger partial charge in [0, 0.05) is 12.4 Å². The minimum atomic E-state index is 0.864. The van der Waals surface area contributed by atoms with E-state index in [1.165, 1.54) is 44.2 Å². The Labute approximate surface area is 98.5 Å². The Kier molecular flexibility index (Phi) is 4.34. The van der Waals surface area contributed by atoms with E-state index in [1.54, 1.807) is 0 Å². The molecule has 0 saturated heterocycles. The summed E-state index contributed by atoms with van der Waals surface area (Å²) < 4.78 is 0. The zero-order valence-electron chi connectivity index (χ0n) is 10.2. The lowest BCUT2D eigenvalue weighted by molar-refractivity contribution is 0.232. The van der Waals surface area contributed by atoms with Gasteiger partial charge in [0.15, 0.2) is 0 Å². The molecule has 16 heavy (non-hydrogen) atoms. The smallest absolute Gasteiger partial charge is 0.0270 e. The van der Waals surface area contributed by atoms with E-state index in [1.807, 2.05) is 12.4 Å². The van der Waals surface area contributed by atoms with Crippen molar-refractivity contribution in [3.63, 3.8) is 0 Å². The van der Waals surface area contributed by atoms with Gasteiger partial charge >= 0.3 is 0 Å². The maximum Gasteiger partial charge on any atom is 0.0270 e. The quantitative estimate of drug-likeness (QED) is 0.840. The van der Waals surface area contributed by atoms with Gasteiger partial charge in [-0.3, -0.25) is 4.98 Å². The van der Waals surface area contributed by atoms with E-state index in [-0.39, 0.29) is 0 Å². The average molecular weight is 218 g/mol. The number of rotatable bonds is 4. The predicted octanol–water partition coefficient (Wildman–Crippen LogP) is 2.65. The second-order valence-corrected chi connectivity index (χ2v) is 4.92. The number of aromatic nitrogens is 1. The van der Waals surface area contributed by atoms with Gasteiger partial charge in [-0.25, -0.2) is 0 Å². The first-order chi connectivity index (χ1) is 7.90. The van der Waals surface area contributed by atoms with Crippen molar-refractivity contribution in [1.82, 2.24) is 10.3 Å². The molecule has 1 aliphatic rings. The Hall–Kier alpha value is -0.890. The molecule has 1 aromatic rings. The molecule has 0 bridgehead atoms. The molecule has 0 spiro atoms. The van der Waals surface area contributed by atoms with E-state index in [4.69, 9.17) is 0 Å². The van der Waals surface area contributed by atoms with Gasteiger partial charge in [0.2, 0.25) is 0 Å². The lowest BCUT2D eigenvalue weighted by atomic mass is 9.76. The van der Waals surface area contributed by atoms with Crippen LogP contribution >= 0.6 is 0 Å². The third-order valence-electron chi connectivity index (χ3n) is 3.78. The molecule has 0 aliphatic heterocycles. The van der Waals surface area contributed by atoms with Crippen molar-refractivity contribution in [2.24, 2.45) is 11.8 Å². The first-order valence-electron chi connectivity index (χ1n) is 6.43. The van der Waals surface area contributed by atoms with Crippen LogP contribution in [-0.2, 0) is 6.42 Å². The molecule has 2 rings (SSSR count). The minimum absolute atomic E-state index is 0.864. The SMILES string of the molecule is CNCC1CCCCC1Cc1ccncc1. The number of hydrogen-bond acceptors (Lipinski definition) is 2. The molecule has 0 aromatic carbocycles. The predicted molar refractivity (Wildman–Crippen MR) is 67.3 cm³/mol. The Balaban J connectivity index is 1.96. The molecule has 1 N–H and O–H groups in total. The third-order valence-corrected chi connectivity index (χ3v) is 3.78. The highest BCUT2D eigenvalue weighted by Gasteiger charge is 2.24. The van der Waals surface area contributed by atoms with Crippen LogP contribution in [0.2, 0.25) is 0 Å². The molecule has 0 amide bonds. The van der Waals surface area contributed by atoms with Crippen LogP contribution in [0, 0.1) is 11.8 Å². The summed E-state index contributed by atoms with van der Waals surface area (Å²) in [5, 5.41) is 3.34. The normalized spacial score (nSPS) is 25.6. The standard InChI is InChI=1S/C14H22N2/c1-15-11-14-5-3-2-4-13(14)10-12-6-8-16-9-7-12/h6-9,13-15H,2-5,10-11H2,1H3. The van der Waals surface area contributed by atoms with Crippen molar-refractivity contribution < 1.29 is 0 Å². The lowest BCUT2D eigenvalue weighted by Crippen LogP contribution is -2.30. The first kappa shape index (κ1) is 11.6. The van der Waals surface area contributed by atoms with E-state index in [9.17, 15) is 0 Å². The maximum atomic E-state index is 4.08. The third kappa shape index (κ3) is 3.05. The van der Waals surface area contributed by atoms with E-state index >= 15 is 0 Å². The van der Waals surface area contributed by atoms with Crippen molar-refractivity contribution in [1.29, 1.82) is 0 Å². The van der Waals surface area contributed by atoms with Crippen LogP contribution in [0.4, 0.5) is 0 Å². The van der Waals surface area contributed by atoms with Crippen LogP contribution in [0.1, 0.15) is 31.2 Å². The number of nitrogens with zero attached hydrogens (tertiary/aromatic N) is 1. The highest BCUT2D eigenvalue weighted by molar-refractivity contribution is 5.11. The van der Waals surface area contributed by atoms with E-state index in [2.05, 4.69) is 29.5 Å². The Morgan fingerprint density at radius 1 is 1.19 bits per heavy atom. The van der Waals surface area contributed by atoms with E-state index in [0.717, 1.165) is 11.8 Å². The second-order valence-electron chi connectivity index (χ2n) is 4.92. The van der Waals surface area contributed by atoms with Gasteiger partial charge in [0.05, 0.1) is 0 Å². The van der Waals surface area contributed by atoms with Gasteiger partial charge in [-0.2, -0.15) is 0 Å². The summed E-state index contributed by atoms with van der Waals surface area (Å²) in [6, 6.07) is 4.32. The molecule has 1 aliphatic carbocycles. The van der Waals surface area contributed by atoms with E-state index < -0.39 is 0 Å². The average Bonchev–Trinajstić information content (AvgIpc) is 2.33. The number of nitrogens with one attached hydrogen (secondary N) is 1. The summed E-state index contributed by atoms with van der Waals surface area (Å²) >= 11 is 0. The monoisotopic (exact) mass is 218 g/mol. The van der Waals surface area contributed by atoms with Gasteiger partial charge in [-0.1, -0.05) is 12.8 Å². The van der Waals surface area contributed by atoms with Crippen LogP contribution in [-0.4, -0.2) is 18.6 Å². The van der Waals surface area contributed by atoms with Gasteiger partial charge in [-0.05, 0) is 62.4 Å². The highest BCUT2D eigenvalue weighted by atomic mass is 14.8. The number of pyridine rings is 1. The largest absolute Gasteiger partial charge is 0.319 e. The molecule has 88 valence electrons. The molecule has 2 unspecified atom stereocenters. The second kappa shape index (κ2) is 6.00. The Bertz CT molecular complexity index is 295. The summed E-state index contributed by atoms with van der Waals surface area (Å²) in [5.41, 5.74) is 1.45. The lowest BCUT2D eigenvalue weighted by Gasteiger charge is -2.31. The first-order valence-corrected chi connectivity index (χ1v) is 6.43. The topological polar surface area (TPSA) is 24.9 Å². The molecule has 1 saturated carbocycles. The van der Waals surface area contributed by atoms with Crippen LogP contribution in [0.25, 0.3) is 0 Å². The molecule has 1 fully saturated rings. The van der Waals surface area contributed by atoms with Crippen molar-refractivity contribution >= 4 is 0 Å². The van der Waals surface area contributed by atoms with Gasteiger partial charge in [0.25, 0.3) is 0 Å². The van der Waals surface area contributed by atoms with Gasteiger partial charge in [0.1, 0.15) is 0 Å². The van der Waals surface area contributed by atoms with Crippen LogP contribution in [0.3, 0.4) is 0 Å². The van der Waals surface area contributed by atoms with Crippen LogP contribution in [0.15, 0.2) is 24.5 Å². The molecule has 2 atom stereocenters. The number of hydrogen-bond donors (Lipinski definition) is 1. The van der Waals surface area contributed by atoms with Crippen molar-refractivity contribution in [2.45, 2.75) is 32.1 Å². The van der Waals surface area contributed by atoms with Crippen molar-refractivity contribution in [3.05, 3.63) is 30.1 Å². The Morgan fingerprint density at radius 3 is 2.56 bits per heavy atom. The molecule has 1 aromatic heterocycles. The Morgan fingerprint density at radius 2 is 1.88 bits per heavy atom. The fourth-order valence-electron chi connectivity index (χ4n) is 2.91. The van der Waals surface area contributed by atoms with Crippen LogP contribution < -0.4 is 5.32 Å². The zero-order chi connectivity index (χ0) is 11.2. The molecule has 0 radical (unpaired) electrons. The molecule has 2 nitrogen and oxygen atoms in total. The fraction of sp³-hybridized carbons (Fsp3) is 0.643. The summed E-state index contributed by atoms with van der Waals surface area (Å²) in [6.45, 7) is 1.18. The zero-order valence-corrected chi connectivity index (χ0v) is 10.2. The van der Waals surface area contributed by atoms with E-state index in [0.29, 0.717) is 0 Å².